The molecule has 0 atom stereocenters. The molecule has 0 aromatic carbocycles. The van der Waals surface area contributed by atoms with E-state index in [0.29, 0.717) is 24.4 Å². The summed E-state index contributed by atoms with van der Waals surface area (Å²) in [6.07, 6.45) is -3.61. The van der Waals surface area contributed by atoms with E-state index in [1.54, 1.807) is 11.4 Å². The first kappa shape index (κ1) is 14.5. The summed E-state index contributed by atoms with van der Waals surface area (Å²) >= 11 is 1.39. The number of hydrogen-bond donors (Lipinski definition) is 0. The molecule has 0 bridgehead atoms. The van der Waals surface area contributed by atoms with Crippen LogP contribution in [0.4, 0.5) is 19.0 Å². The molecule has 0 radical (unpaired) electrons. The van der Waals surface area contributed by atoms with Crippen LogP contribution in [-0.4, -0.2) is 48.1 Å². The normalized spacial score (nSPS) is 18.2. The minimum atomic E-state index is -4.52. The molecule has 21 heavy (non-hydrogen) atoms. The third kappa shape index (κ3) is 2.96. The van der Waals surface area contributed by atoms with Crippen LogP contribution < -0.4 is 4.90 Å². The van der Waals surface area contributed by atoms with Crippen molar-refractivity contribution in [2.24, 2.45) is 0 Å². The zero-order chi connectivity index (χ0) is 15.0. The standard InChI is InChI=1S/C13H15F3N4S/c1-19-4-2-5-20(7-6-19)11-10-9(3-8-21-10)17-12(18-11)13(14,15)16/h3,8H,2,4-7H2,1H3. The molecule has 2 aromatic rings. The van der Waals surface area contributed by atoms with Crippen LogP contribution in [0.2, 0.25) is 0 Å². The fraction of sp³-hybridized carbons (Fsp3) is 0.538. The molecule has 1 aliphatic heterocycles. The number of thiophene rings is 1. The van der Waals surface area contributed by atoms with Crippen LogP contribution in [0.15, 0.2) is 11.4 Å². The minimum absolute atomic E-state index is 0.370. The number of halogens is 3. The molecule has 3 heterocycles. The Morgan fingerprint density at radius 3 is 2.71 bits per heavy atom. The van der Waals surface area contributed by atoms with E-state index >= 15 is 0 Å². The maximum atomic E-state index is 13.0. The van der Waals surface area contributed by atoms with Gasteiger partial charge in [0.25, 0.3) is 0 Å². The average molecular weight is 316 g/mol. The van der Waals surface area contributed by atoms with Gasteiger partial charge < -0.3 is 9.80 Å². The lowest BCUT2D eigenvalue weighted by Gasteiger charge is -2.22. The third-order valence-electron chi connectivity index (χ3n) is 3.56. The zero-order valence-corrected chi connectivity index (χ0v) is 12.3. The first-order valence-corrected chi connectivity index (χ1v) is 7.59. The molecule has 2 aromatic heterocycles. The van der Waals surface area contributed by atoms with Crippen molar-refractivity contribution in [2.45, 2.75) is 12.6 Å². The fourth-order valence-corrected chi connectivity index (χ4v) is 3.30. The van der Waals surface area contributed by atoms with Gasteiger partial charge in [-0.15, -0.1) is 11.3 Å². The minimum Gasteiger partial charge on any atom is -0.354 e. The summed E-state index contributed by atoms with van der Waals surface area (Å²) in [5.41, 5.74) is 0.370. The van der Waals surface area contributed by atoms with Crippen LogP contribution in [-0.2, 0) is 6.18 Å². The van der Waals surface area contributed by atoms with Crippen LogP contribution in [0.25, 0.3) is 10.2 Å². The van der Waals surface area contributed by atoms with Gasteiger partial charge >= 0.3 is 6.18 Å². The second-order valence-corrected chi connectivity index (χ2v) is 6.06. The Balaban J connectivity index is 2.05. The molecule has 0 amide bonds. The van der Waals surface area contributed by atoms with Gasteiger partial charge in [-0.05, 0) is 31.5 Å². The summed E-state index contributed by atoms with van der Waals surface area (Å²) in [6, 6.07) is 1.62. The van der Waals surface area contributed by atoms with Crippen molar-refractivity contribution < 1.29 is 13.2 Å². The zero-order valence-electron chi connectivity index (χ0n) is 11.5. The maximum Gasteiger partial charge on any atom is 0.451 e. The Hall–Kier alpha value is -1.41. The second-order valence-electron chi connectivity index (χ2n) is 5.15. The third-order valence-corrected chi connectivity index (χ3v) is 4.46. The van der Waals surface area contributed by atoms with Crippen molar-refractivity contribution in [1.29, 1.82) is 0 Å². The monoisotopic (exact) mass is 316 g/mol. The Morgan fingerprint density at radius 1 is 1.14 bits per heavy atom. The number of hydrogen-bond acceptors (Lipinski definition) is 5. The molecule has 1 fully saturated rings. The molecule has 0 saturated carbocycles. The van der Waals surface area contributed by atoms with Crippen molar-refractivity contribution in [3.8, 4) is 0 Å². The van der Waals surface area contributed by atoms with E-state index in [0.717, 1.165) is 24.2 Å². The number of nitrogens with zero attached hydrogens (tertiary/aromatic N) is 4. The molecule has 114 valence electrons. The first-order chi connectivity index (χ1) is 9.95. The van der Waals surface area contributed by atoms with Crippen molar-refractivity contribution in [3.05, 3.63) is 17.3 Å². The topological polar surface area (TPSA) is 32.3 Å². The Bertz CT molecular complexity index is 640. The van der Waals surface area contributed by atoms with Crippen LogP contribution in [0.1, 0.15) is 12.2 Å². The number of anilines is 1. The predicted molar refractivity (Wildman–Crippen MR) is 76.7 cm³/mol. The summed E-state index contributed by atoms with van der Waals surface area (Å²) in [6.45, 7) is 3.16. The summed E-state index contributed by atoms with van der Waals surface area (Å²) in [5.74, 6) is -0.640. The molecule has 1 aliphatic rings. The predicted octanol–water partition coefficient (Wildman–Crippen LogP) is 2.85. The Labute approximate surface area is 124 Å². The Kier molecular flexibility index (Phi) is 3.75. The van der Waals surface area contributed by atoms with Crippen molar-refractivity contribution in [3.63, 3.8) is 0 Å². The van der Waals surface area contributed by atoms with Gasteiger partial charge in [-0.3, -0.25) is 0 Å². The van der Waals surface area contributed by atoms with Crippen LogP contribution in [0, 0.1) is 0 Å². The lowest BCUT2D eigenvalue weighted by Crippen LogP contribution is -2.30. The van der Waals surface area contributed by atoms with Crippen LogP contribution in [0.3, 0.4) is 0 Å². The molecule has 0 aliphatic carbocycles. The molecule has 3 rings (SSSR count). The van der Waals surface area contributed by atoms with Gasteiger partial charge in [-0.25, -0.2) is 9.97 Å². The molecule has 4 nitrogen and oxygen atoms in total. The number of likely N-dealkylation sites (N-methyl/N-ethyl adjacent to an activating group) is 1. The van der Waals surface area contributed by atoms with Gasteiger partial charge in [-0.2, -0.15) is 13.2 Å². The Morgan fingerprint density at radius 2 is 1.95 bits per heavy atom. The van der Waals surface area contributed by atoms with Gasteiger partial charge in [0.05, 0.1) is 10.2 Å². The molecule has 1 saturated heterocycles. The van der Waals surface area contributed by atoms with E-state index in [4.69, 9.17) is 0 Å². The largest absolute Gasteiger partial charge is 0.451 e. The van der Waals surface area contributed by atoms with E-state index in [2.05, 4.69) is 14.9 Å². The van der Waals surface area contributed by atoms with E-state index in [1.165, 1.54) is 11.3 Å². The van der Waals surface area contributed by atoms with Crippen molar-refractivity contribution in [2.75, 3.05) is 38.1 Å². The molecular formula is C13H15F3N4S. The van der Waals surface area contributed by atoms with Gasteiger partial charge in [-0.1, -0.05) is 0 Å². The van der Waals surface area contributed by atoms with E-state index in [-0.39, 0.29) is 0 Å². The quantitative estimate of drug-likeness (QED) is 0.810. The number of aromatic nitrogens is 2. The lowest BCUT2D eigenvalue weighted by molar-refractivity contribution is -0.144. The summed E-state index contributed by atoms with van der Waals surface area (Å²) in [7, 11) is 2.02. The van der Waals surface area contributed by atoms with E-state index in [9.17, 15) is 13.2 Å². The van der Waals surface area contributed by atoms with E-state index < -0.39 is 12.0 Å². The summed E-state index contributed by atoms with van der Waals surface area (Å²) < 4.78 is 39.6. The van der Waals surface area contributed by atoms with Gasteiger partial charge in [0.2, 0.25) is 5.82 Å². The average Bonchev–Trinajstić information content (AvgIpc) is 2.79. The van der Waals surface area contributed by atoms with E-state index in [1.807, 2.05) is 11.9 Å². The number of rotatable bonds is 1. The van der Waals surface area contributed by atoms with Crippen molar-refractivity contribution in [1.82, 2.24) is 14.9 Å². The molecule has 8 heteroatoms. The highest BCUT2D eigenvalue weighted by Crippen LogP contribution is 2.34. The highest BCUT2D eigenvalue weighted by molar-refractivity contribution is 7.17. The lowest BCUT2D eigenvalue weighted by atomic mass is 10.3. The molecule has 0 unspecified atom stereocenters. The highest BCUT2D eigenvalue weighted by atomic mass is 32.1. The summed E-state index contributed by atoms with van der Waals surface area (Å²) in [5, 5.41) is 1.76. The molecule has 0 spiro atoms. The van der Waals surface area contributed by atoms with Gasteiger partial charge in [0.1, 0.15) is 0 Å². The first-order valence-electron chi connectivity index (χ1n) is 6.71. The maximum absolute atomic E-state index is 13.0. The van der Waals surface area contributed by atoms with Gasteiger partial charge in [0.15, 0.2) is 5.82 Å². The number of fused-ring (bicyclic) bond motifs is 1. The SMILES string of the molecule is CN1CCCN(c2nc(C(F)(F)F)nc3ccsc23)CC1. The van der Waals surface area contributed by atoms with Crippen molar-refractivity contribution >= 4 is 27.4 Å². The van der Waals surface area contributed by atoms with Crippen LogP contribution >= 0.6 is 11.3 Å². The van der Waals surface area contributed by atoms with Crippen LogP contribution in [0.5, 0.6) is 0 Å². The molecule has 0 N–H and O–H groups in total. The fourth-order valence-electron chi connectivity index (χ4n) is 2.45. The smallest absolute Gasteiger partial charge is 0.354 e. The summed E-state index contributed by atoms with van der Waals surface area (Å²) in [4.78, 5) is 11.6. The number of alkyl halides is 3. The molecular weight excluding hydrogens is 301 g/mol. The van der Waals surface area contributed by atoms with Gasteiger partial charge in [0, 0.05) is 19.6 Å². The highest BCUT2D eigenvalue weighted by Gasteiger charge is 2.36. The second kappa shape index (κ2) is 5.42.